The van der Waals surface area contributed by atoms with Crippen LogP contribution >= 0.6 is 0 Å². The predicted molar refractivity (Wildman–Crippen MR) is 113 cm³/mol. The fourth-order valence-electron chi connectivity index (χ4n) is 4.17. The molecular weight excluding hydrogens is 332 g/mol. The fraction of sp³-hybridized carbons (Fsp3) is 0.167. The van der Waals surface area contributed by atoms with E-state index in [4.69, 9.17) is 10.2 Å². The van der Waals surface area contributed by atoms with Gasteiger partial charge < -0.3 is 14.7 Å². The Hall–Kier alpha value is -3.04. The maximum atomic E-state index is 6.07. The van der Waals surface area contributed by atoms with Crippen LogP contribution in [0.1, 0.15) is 12.5 Å². The first-order valence-corrected chi connectivity index (χ1v) is 9.52. The van der Waals surface area contributed by atoms with Crippen LogP contribution < -0.4 is 5.73 Å². The molecule has 27 heavy (non-hydrogen) atoms. The van der Waals surface area contributed by atoms with Crippen LogP contribution in [0.5, 0.6) is 0 Å². The topological polar surface area (TPSA) is 44.1 Å². The van der Waals surface area contributed by atoms with Crippen molar-refractivity contribution in [2.24, 2.45) is 5.73 Å². The van der Waals surface area contributed by atoms with Crippen molar-refractivity contribution < 1.29 is 4.42 Å². The molecule has 5 aromatic rings. The summed E-state index contributed by atoms with van der Waals surface area (Å²) in [6.45, 7) is 3.80. The van der Waals surface area contributed by atoms with E-state index in [0.29, 0.717) is 6.54 Å². The van der Waals surface area contributed by atoms with Crippen molar-refractivity contribution in [1.29, 1.82) is 0 Å². The molecule has 0 radical (unpaired) electrons. The summed E-state index contributed by atoms with van der Waals surface area (Å²) in [5.74, 6) is 0. The maximum Gasteiger partial charge on any atom is 0.136 e. The normalized spacial score (nSPS) is 11.8. The number of nitrogens with two attached hydrogens (primary N) is 1. The van der Waals surface area contributed by atoms with Crippen LogP contribution in [0.2, 0.25) is 0 Å². The Kier molecular flexibility index (Phi) is 3.76. The highest BCUT2D eigenvalue weighted by Gasteiger charge is 2.14. The molecule has 0 amide bonds. The van der Waals surface area contributed by atoms with Gasteiger partial charge in [-0.15, -0.1) is 0 Å². The molecule has 2 N–H and O–H groups in total. The van der Waals surface area contributed by atoms with Gasteiger partial charge in [-0.2, -0.15) is 0 Å². The van der Waals surface area contributed by atoms with Gasteiger partial charge in [0.05, 0.1) is 0 Å². The molecular formula is C24H22N2O. The molecule has 0 saturated heterocycles. The smallest absolute Gasteiger partial charge is 0.136 e. The highest BCUT2D eigenvalue weighted by atomic mass is 16.3. The Morgan fingerprint density at radius 2 is 1.78 bits per heavy atom. The first kappa shape index (κ1) is 16.2. The molecule has 0 atom stereocenters. The molecule has 0 bridgehead atoms. The third-order valence-electron chi connectivity index (χ3n) is 5.43. The Labute approximate surface area is 158 Å². The van der Waals surface area contributed by atoms with Crippen LogP contribution in [0, 0.1) is 0 Å². The molecule has 0 saturated carbocycles. The second-order valence-corrected chi connectivity index (χ2v) is 6.99. The summed E-state index contributed by atoms with van der Waals surface area (Å²) >= 11 is 0. The van der Waals surface area contributed by atoms with Gasteiger partial charge in [0.1, 0.15) is 11.2 Å². The van der Waals surface area contributed by atoms with E-state index < -0.39 is 0 Å². The number of benzene rings is 3. The Balaban J connectivity index is 1.79. The highest BCUT2D eigenvalue weighted by Crippen LogP contribution is 2.37. The van der Waals surface area contributed by atoms with Crippen molar-refractivity contribution in [3.8, 4) is 11.1 Å². The van der Waals surface area contributed by atoms with Crippen molar-refractivity contribution in [2.75, 3.05) is 6.54 Å². The lowest BCUT2D eigenvalue weighted by Crippen LogP contribution is -2.02. The number of fused-ring (bicyclic) bond motifs is 4. The van der Waals surface area contributed by atoms with Crippen molar-refractivity contribution in [2.45, 2.75) is 19.9 Å². The van der Waals surface area contributed by atoms with Gasteiger partial charge in [0.25, 0.3) is 0 Å². The Morgan fingerprint density at radius 1 is 0.926 bits per heavy atom. The van der Waals surface area contributed by atoms with Crippen molar-refractivity contribution in [1.82, 2.24) is 4.57 Å². The van der Waals surface area contributed by atoms with Gasteiger partial charge in [-0.3, -0.25) is 0 Å². The molecule has 2 heterocycles. The summed E-state index contributed by atoms with van der Waals surface area (Å²) in [6.07, 6.45) is 3.14. The molecule has 3 heteroatoms. The number of aromatic nitrogens is 1. The average Bonchev–Trinajstić information content (AvgIpc) is 3.26. The first-order valence-electron chi connectivity index (χ1n) is 9.52. The summed E-state index contributed by atoms with van der Waals surface area (Å²) < 4.78 is 8.37. The van der Waals surface area contributed by atoms with Gasteiger partial charge in [-0.1, -0.05) is 36.4 Å². The second kappa shape index (κ2) is 6.29. The van der Waals surface area contributed by atoms with E-state index in [1.54, 1.807) is 0 Å². The van der Waals surface area contributed by atoms with Crippen molar-refractivity contribution in [3.05, 3.63) is 72.4 Å². The van der Waals surface area contributed by atoms with E-state index in [0.717, 1.165) is 29.5 Å². The molecule has 134 valence electrons. The van der Waals surface area contributed by atoms with E-state index >= 15 is 0 Å². The molecule has 0 aliphatic heterocycles. The van der Waals surface area contributed by atoms with E-state index in [1.807, 2.05) is 18.2 Å². The number of aryl methyl sites for hydroxylation is 1. The summed E-state index contributed by atoms with van der Waals surface area (Å²) in [5, 5.41) is 3.64. The predicted octanol–water partition coefficient (Wildman–Crippen LogP) is 5.73. The van der Waals surface area contributed by atoms with Crippen molar-refractivity contribution in [3.63, 3.8) is 0 Å². The number of nitrogens with zero attached hydrogens (tertiary/aromatic N) is 1. The third-order valence-corrected chi connectivity index (χ3v) is 5.43. The Bertz CT molecular complexity index is 1280. The zero-order valence-electron chi connectivity index (χ0n) is 15.4. The standard InChI is InChI=1S/C24H22N2O/c1-2-26-15-17(12-13-25)20-14-16(10-11-21(20)26)18-7-5-9-23-24(18)19-6-3-4-8-22(19)27-23/h3-11,14-15H,2,12-13,25H2,1H3. The van der Waals surface area contributed by atoms with Crippen molar-refractivity contribution >= 4 is 32.8 Å². The summed E-state index contributed by atoms with van der Waals surface area (Å²) in [5.41, 5.74) is 12.7. The largest absolute Gasteiger partial charge is 0.456 e. The SMILES string of the molecule is CCn1cc(CCN)c2cc(-c3cccc4oc5ccccc5c34)ccc21. The summed E-state index contributed by atoms with van der Waals surface area (Å²) in [6, 6.07) is 21.3. The zero-order valence-corrected chi connectivity index (χ0v) is 15.4. The van der Waals surface area contributed by atoms with Gasteiger partial charge in [0.15, 0.2) is 0 Å². The monoisotopic (exact) mass is 354 g/mol. The number of rotatable bonds is 4. The van der Waals surface area contributed by atoms with Gasteiger partial charge in [0, 0.05) is 34.4 Å². The van der Waals surface area contributed by atoms with E-state index in [2.05, 4.69) is 60.2 Å². The van der Waals surface area contributed by atoms with E-state index in [-0.39, 0.29) is 0 Å². The third kappa shape index (κ3) is 2.47. The number of hydrogen-bond acceptors (Lipinski definition) is 2. The zero-order chi connectivity index (χ0) is 18.4. The Morgan fingerprint density at radius 3 is 2.63 bits per heavy atom. The van der Waals surface area contributed by atoms with Crippen LogP contribution in [-0.2, 0) is 13.0 Å². The van der Waals surface area contributed by atoms with Crippen LogP contribution in [0.15, 0.2) is 71.3 Å². The highest BCUT2D eigenvalue weighted by molar-refractivity contribution is 6.12. The molecule has 0 fully saturated rings. The molecule has 0 unspecified atom stereocenters. The van der Waals surface area contributed by atoms with E-state index in [1.165, 1.54) is 33.0 Å². The minimum atomic E-state index is 0.662. The second-order valence-electron chi connectivity index (χ2n) is 6.99. The van der Waals surface area contributed by atoms with Gasteiger partial charge in [-0.25, -0.2) is 0 Å². The first-order chi connectivity index (χ1) is 13.3. The quantitative estimate of drug-likeness (QED) is 0.448. The fourth-order valence-corrected chi connectivity index (χ4v) is 4.17. The summed E-state index contributed by atoms with van der Waals surface area (Å²) in [4.78, 5) is 0. The lowest BCUT2D eigenvalue weighted by atomic mass is 9.97. The maximum absolute atomic E-state index is 6.07. The minimum Gasteiger partial charge on any atom is -0.456 e. The molecule has 3 nitrogen and oxygen atoms in total. The molecule has 0 aliphatic rings. The number of hydrogen-bond donors (Lipinski definition) is 1. The average molecular weight is 354 g/mol. The number of para-hydroxylation sites is 1. The van der Waals surface area contributed by atoms with Gasteiger partial charge in [0.2, 0.25) is 0 Å². The lowest BCUT2D eigenvalue weighted by Gasteiger charge is -2.06. The molecule has 5 rings (SSSR count). The van der Waals surface area contributed by atoms with Crippen LogP contribution in [-0.4, -0.2) is 11.1 Å². The lowest BCUT2D eigenvalue weighted by molar-refractivity contribution is 0.669. The molecule has 2 aromatic heterocycles. The van der Waals surface area contributed by atoms with Gasteiger partial charge >= 0.3 is 0 Å². The van der Waals surface area contributed by atoms with Gasteiger partial charge in [-0.05, 0) is 60.8 Å². The minimum absolute atomic E-state index is 0.662. The van der Waals surface area contributed by atoms with Crippen LogP contribution in [0.25, 0.3) is 44.0 Å². The molecule has 0 spiro atoms. The van der Waals surface area contributed by atoms with E-state index in [9.17, 15) is 0 Å². The van der Waals surface area contributed by atoms with Crippen LogP contribution in [0.3, 0.4) is 0 Å². The number of furan rings is 1. The van der Waals surface area contributed by atoms with Crippen LogP contribution in [0.4, 0.5) is 0 Å². The molecule has 3 aromatic carbocycles. The summed E-state index contributed by atoms with van der Waals surface area (Å²) in [7, 11) is 0. The molecule has 0 aliphatic carbocycles.